The number of aryl methyl sites for hydroxylation is 1. The van der Waals surface area contributed by atoms with Crippen LogP contribution >= 0.6 is 11.6 Å². The Kier molecular flexibility index (Phi) is 7.21. The van der Waals surface area contributed by atoms with Gasteiger partial charge < -0.3 is 10.1 Å². The highest BCUT2D eigenvalue weighted by atomic mass is 35.5. The molecule has 0 aliphatic heterocycles. The summed E-state index contributed by atoms with van der Waals surface area (Å²) in [7, 11) is 0. The van der Waals surface area contributed by atoms with Crippen molar-refractivity contribution in [2.45, 2.75) is 6.92 Å². The van der Waals surface area contributed by atoms with Gasteiger partial charge in [0.25, 0.3) is 11.6 Å². The molecule has 0 fully saturated rings. The first-order valence-corrected chi connectivity index (χ1v) is 9.89. The zero-order valence-corrected chi connectivity index (χ0v) is 17.8. The molecule has 8 heteroatoms. The number of halogens is 1. The maximum atomic E-state index is 12.1. The van der Waals surface area contributed by atoms with Gasteiger partial charge in [-0.25, -0.2) is 0 Å². The monoisotopic (exact) mass is 447 g/mol. The van der Waals surface area contributed by atoms with Crippen LogP contribution in [0.2, 0.25) is 5.02 Å². The van der Waals surface area contributed by atoms with Gasteiger partial charge >= 0.3 is 0 Å². The molecule has 0 unspecified atom stereocenters. The quantitative estimate of drug-likeness (QED) is 0.218. The second-order valence-corrected chi connectivity index (χ2v) is 7.28. The van der Waals surface area contributed by atoms with Crippen LogP contribution in [0.25, 0.3) is 11.6 Å². The number of nitro benzene ring substituents is 1. The molecule has 32 heavy (non-hydrogen) atoms. The molecule has 0 radical (unpaired) electrons. The van der Waals surface area contributed by atoms with Gasteiger partial charge in [0.05, 0.1) is 21.6 Å². The summed E-state index contributed by atoms with van der Waals surface area (Å²) in [5.41, 5.74) is 2.93. The van der Waals surface area contributed by atoms with E-state index in [2.05, 4.69) is 5.32 Å². The normalized spacial score (nSPS) is 10.8. The molecule has 1 N–H and O–H groups in total. The number of nitrogens with one attached hydrogen (secondary N) is 1. The number of non-ortho nitro benzene ring substituents is 1. The van der Waals surface area contributed by atoms with Crippen molar-refractivity contribution in [3.8, 4) is 11.8 Å². The minimum absolute atomic E-state index is 0.102. The molecule has 1 amide bonds. The van der Waals surface area contributed by atoms with Crippen molar-refractivity contribution in [1.82, 2.24) is 0 Å². The molecule has 3 rings (SSSR count). The number of nitro groups is 1. The molecule has 0 aromatic heterocycles. The second-order valence-electron chi connectivity index (χ2n) is 6.87. The standard InChI is InChI=1S/C24H18ClN3O4/c1-16-5-8-20(9-6-16)27-24(29)15-32-23-10-7-17(12-22(23)25)11-19(14-26)18-3-2-4-21(13-18)28(30)31/h2-13H,15H2,1H3,(H,27,29). The van der Waals surface area contributed by atoms with Gasteiger partial charge in [0.15, 0.2) is 6.61 Å². The Balaban J connectivity index is 1.69. The lowest BCUT2D eigenvalue weighted by Crippen LogP contribution is -2.20. The van der Waals surface area contributed by atoms with Gasteiger partial charge in [-0.1, -0.05) is 47.5 Å². The Bertz CT molecular complexity index is 1230. The highest BCUT2D eigenvalue weighted by molar-refractivity contribution is 6.32. The van der Waals surface area contributed by atoms with Crippen molar-refractivity contribution in [3.05, 3.63) is 98.6 Å². The number of hydrogen-bond acceptors (Lipinski definition) is 5. The summed E-state index contributed by atoms with van der Waals surface area (Å²) in [5, 5.41) is 23.5. The van der Waals surface area contributed by atoms with Crippen LogP contribution in [0.1, 0.15) is 16.7 Å². The molecule has 3 aromatic carbocycles. The van der Waals surface area contributed by atoms with E-state index >= 15 is 0 Å². The Morgan fingerprint density at radius 3 is 2.59 bits per heavy atom. The third-order valence-corrected chi connectivity index (χ3v) is 4.74. The number of hydrogen-bond donors (Lipinski definition) is 1. The fourth-order valence-electron chi connectivity index (χ4n) is 2.84. The maximum absolute atomic E-state index is 12.1. The predicted molar refractivity (Wildman–Crippen MR) is 123 cm³/mol. The van der Waals surface area contributed by atoms with Crippen molar-refractivity contribution in [2.75, 3.05) is 11.9 Å². The lowest BCUT2D eigenvalue weighted by Gasteiger charge is -2.10. The number of benzene rings is 3. The topological polar surface area (TPSA) is 105 Å². The van der Waals surface area contributed by atoms with Crippen molar-refractivity contribution in [2.24, 2.45) is 0 Å². The van der Waals surface area contributed by atoms with E-state index in [0.29, 0.717) is 22.6 Å². The number of carbonyl (C=O) groups excluding carboxylic acids is 1. The number of allylic oxidation sites excluding steroid dienone is 1. The summed E-state index contributed by atoms with van der Waals surface area (Å²) < 4.78 is 5.50. The van der Waals surface area contributed by atoms with E-state index in [4.69, 9.17) is 16.3 Å². The number of rotatable bonds is 7. The van der Waals surface area contributed by atoms with Crippen molar-refractivity contribution >= 4 is 40.5 Å². The highest BCUT2D eigenvalue weighted by Crippen LogP contribution is 2.28. The predicted octanol–water partition coefficient (Wildman–Crippen LogP) is 5.64. The first kappa shape index (κ1) is 22.5. The van der Waals surface area contributed by atoms with E-state index in [1.807, 2.05) is 25.1 Å². The highest BCUT2D eigenvalue weighted by Gasteiger charge is 2.10. The second kappa shape index (κ2) is 10.2. The first-order chi connectivity index (χ1) is 15.4. The van der Waals surface area contributed by atoms with Gasteiger partial charge in [0, 0.05) is 17.8 Å². The van der Waals surface area contributed by atoms with E-state index in [9.17, 15) is 20.2 Å². The molecule has 0 saturated heterocycles. The Hall–Kier alpha value is -4.15. The number of anilines is 1. The van der Waals surface area contributed by atoms with E-state index in [0.717, 1.165) is 5.56 Å². The summed E-state index contributed by atoms with van der Waals surface area (Å²) >= 11 is 6.27. The number of amides is 1. The van der Waals surface area contributed by atoms with Gasteiger partial charge in [-0.3, -0.25) is 14.9 Å². The van der Waals surface area contributed by atoms with Crippen LogP contribution in [0.5, 0.6) is 5.75 Å². The average Bonchev–Trinajstić information content (AvgIpc) is 2.78. The third-order valence-electron chi connectivity index (χ3n) is 4.45. The summed E-state index contributed by atoms with van der Waals surface area (Å²) in [6, 6.07) is 20.1. The molecule has 0 atom stereocenters. The molecule has 0 saturated carbocycles. The van der Waals surface area contributed by atoms with E-state index in [1.165, 1.54) is 18.2 Å². The smallest absolute Gasteiger partial charge is 0.270 e. The zero-order valence-electron chi connectivity index (χ0n) is 17.0. The van der Waals surface area contributed by atoms with Crippen LogP contribution in [-0.2, 0) is 4.79 Å². The van der Waals surface area contributed by atoms with Gasteiger partial charge in [-0.2, -0.15) is 5.26 Å². The number of carbonyl (C=O) groups is 1. The average molecular weight is 448 g/mol. The molecule has 0 heterocycles. The van der Waals surface area contributed by atoms with E-state index in [1.54, 1.807) is 42.5 Å². The summed E-state index contributed by atoms with van der Waals surface area (Å²) in [6.45, 7) is 1.73. The van der Waals surface area contributed by atoms with Crippen LogP contribution in [0.4, 0.5) is 11.4 Å². The Morgan fingerprint density at radius 1 is 1.19 bits per heavy atom. The molecular formula is C24H18ClN3O4. The van der Waals surface area contributed by atoms with Crippen LogP contribution in [0, 0.1) is 28.4 Å². The number of nitrogens with zero attached hydrogens (tertiary/aromatic N) is 2. The van der Waals surface area contributed by atoms with Gasteiger partial charge in [0.1, 0.15) is 5.75 Å². The van der Waals surface area contributed by atoms with Crippen LogP contribution in [0.3, 0.4) is 0 Å². The molecule has 0 spiro atoms. The molecule has 0 aliphatic carbocycles. The number of ether oxygens (including phenoxy) is 1. The van der Waals surface area contributed by atoms with E-state index < -0.39 is 4.92 Å². The van der Waals surface area contributed by atoms with Crippen LogP contribution in [-0.4, -0.2) is 17.4 Å². The minimum Gasteiger partial charge on any atom is -0.482 e. The summed E-state index contributed by atoms with van der Waals surface area (Å²) in [5.74, 6) is -0.0111. The van der Waals surface area contributed by atoms with Gasteiger partial charge in [-0.15, -0.1) is 0 Å². The van der Waals surface area contributed by atoms with Crippen LogP contribution in [0.15, 0.2) is 66.7 Å². The summed E-state index contributed by atoms with van der Waals surface area (Å²) in [6.07, 6.45) is 1.57. The lowest BCUT2D eigenvalue weighted by molar-refractivity contribution is -0.384. The maximum Gasteiger partial charge on any atom is 0.270 e. The molecule has 7 nitrogen and oxygen atoms in total. The fourth-order valence-corrected chi connectivity index (χ4v) is 3.08. The van der Waals surface area contributed by atoms with Gasteiger partial charge in [0.2, 0.25) is 0 Å². The molecule has 160 valence electrons. The Morgan fingerprint density at radius 2 is 1.94 bits per heavy atom. The molecule has 0 aliphatic rings. The lowest BCUT2D eigenvalue weighted by atomic mass is 10.0. The van der Waals surface area contributed by atoms with Crippen molar-refractivity contribution in [3.63, 3.8) is 0 Å². The fraction of sp³-hybridized carbons (Fsp3) is 0.0833. The molecule has 3 aromatic rings. The zero-order chi connectivity index (χ0) is 23.1. The van der Waals surface area contributed by atoms with Crippen molar-refractivity contribution < 1.29 is 14.5 Å². The molecule has 0 bridgehead atoms. The SMILES string of the molecule is Cc1ccc(NC(=O)COc2ccc(C=C(C#N)c3cccc([N+](=O)[O-])c3)cc2Cl)cc1. The van der Waals surface area contributed by atoms with Crippen molar-refractivity contribution in [1.29, 1.82) is 5.26 Å². The van der Waals surface area contributed by atoms with Crippen LogP contribution < -0.4 is 10.1 Å². The minimum atomic E-state index is -0.517. The number of nitriles is 1. The van der Waals surface area contributed by atoms with Gasteiger partial charge in [-0.05, 0) is 48.4 Å². The Labute approximate surface area is 189 Å². The largest absolute Gasteiger partial charge is 0.482 e. The van der Waals surface area contributed by atoms with E-state index in [-0.39, 0.29) is 28.8 Å². The molecular weight excluding hydrogens is 430 g/mol. The summed E-state index contributed by atoms with van der Waals surface area (Å²) in [4.78, 5) is 22.5. The third kappa shape index (κ3) is 5.94. The first-order valence-electron chi connectivity index (χ1n) is 9.51.